The van der Waals surface area contributed by atoms with Crippen LogP contribution in [0.4, 0.5) is 0 Å². The van der Waals surface area contributed by atoms with Crippen LogP contribution in [0.25, 0.3) is 11.4 Å². The number of hydrogen-bond acceptors (Lipinski definition) is 4. The Morgan fingerprint density at radius 1 is 1.29 bits per heavy atom. The number of nitrogens with zero attached hydrogens (tertiary/aromatic N) is 5. The lowest BCUT2D eigenvalue weighted by Gasteiger charge is -2.31. The van der Waals surface area contributed by atoms with Crippen LogP contribution < -0.4 is 0 Å². The van der Waals surface area contributed by atoms with E-state index in [1.807, 2.05) is 22.7 Å². The van der Waals surface area contributed by atoms with Crippen LogP contribution in [-0.4, -0.2) is 43.4 Å². The molecule has 1 aliphatic heterocycles. The van der Waals surface area contributed by atoms with Gasteiger partial charge in [-0.15, -0.1) is 0 Å². The molecule has 21 heavy (non-hydrogen) atoms. The van der Waals surface area contributed by atoms with Gasteiger partial charge < -0.3 is 9.47 Å². The molecular weight excluding hydrogens is 266 g/mol. The number of carbonyl (C=O) groups excluding carboxylic acids is 1. The van der Waals surface area contributed by atoms with Crippen molar-refractivity contribution in [1.29, 1.82) is 0 Å². The number of likely N-dealkylation sites (tertiary alicyclic amines) is 1. The van der Waals surface area contributed by atoms with Crippen LogP contribution in [0, 0.1) is 0 Å². The summed E-state index contributed by atoms with van der Waals surface area (Å²) in [7, 11) is 1.94. The van der Waals surface area contributed by atoms with Crippen LogP contribution in [0.5, 0.6) is 0 Å². The van der Waals surface area contributed by atoms with Crippen molar-refractivity contribution in [1.82, 2.24) is 24.4 Å². The van der Waals surface area contributed by atoms with Crippen LogP contribution >= 0.6 is 0 Å². The van der Waals surface area contributed by atoms with Gasteiger partial charge in [-0.05, 0) is 12.8 Å². The molecule has 1 aliphatic rings. The standard InChI is InChI=1S/C15H19N5O/c1-11(21)20-5-3-4-12(9-20)13-6-16-7-14(18-13)15-8-17-10-19(15)2/h6-8,10,12H,3-5,9H2,1-2H3/t12-/m1/s1. The topological polar surface area (TPSA) is 63.9 Å². The summed E-state index contributed by atoms with van der Waals surface area (Å²) in [6.07, 6.45) is 9.17. The van der Waals surface area contributed by atoms with E-state index >= 15 is 0 Å². The monoisotopic (exact) mass is 285 g/mol. The highest BCUT2D eigenvalue weighted by Crippen LogP contribution is 2.26. The van der Waals surface area contributed by atoms with E-state index in [1.165, 1.54) is 0 Å². The number of carbonyl (C=O) groups is 1. The molecule has 0 aliphatic carbocycles. The van der Waals surface area contributed by atoms with E-state index in [9.17, 15) is 4.79 Å². The molecule has 6 nitrogen and oxygen atoms in total. The SMILES string of the molecule is CC(=O)N1CCC[C@@H](c2cncc(-c3cncn3C)n2)C1. The largest absolute Gasteiger partial charge is 0.342 e. The van der Waals surface area contributed by atoms with Crippen molar-refractivity contribution in [3.8, 4) is 11.4 Å². The maximum Gasteiger partial charge on any atom is 0.219 e. The van der Waals surface area contributed by atoms with Crippen molar-refractivity contribution in [3.63, 3.8) is 0 Å². The Morgan fingerprint density at radius 2 is 2.14 bits per heavy atom. The van der Waals surface area contributed by atoms with Crippen molar-refractivity contribution in [3.05, 3.63) is 30.6 Å². The van der Waals surface area contributed by atoms with Crippen molar-refractivity contribution in [2.24, 2.45) is 7.05 Å². The van der Waals surface area contributed by atoms with Gasteiger partial charge in [-0.1, -0.05) is 0 Å². The molecule has 1 amide bonds. The molecule has 0 bridgehead atoms. The Kier molecular flexibility index (Phi) is 3.68. The van der Waals surface area contributed by atoms with Gasteiger partial charge in [0.2, 0.25) is 5.91 Å². The highest BCUT2D eigenvalue weighted by atomic mass is 16.2. The molecule has 0 unspecified atom stereocenters. The summed E-state index contributed by atoms with van der Waals surface area (Å²) < 4.78 is 1.93. The molecule has 0 saturated carbocycles. The lowest BCUT2D eigenvalue weighted by Crippen LogP contribution is -2.37. The highest BCUT2D eigenvalue weighted by Gasteiger charge is 2.24. The first-order valence-corrected chi connectivity index (χ1v) is 7.19. The van der Waals surface area contributed by atoms with Crippen LogP contribution in [0.1, 0.15) is 31.4 Å². The van der Waals surface area contributed by atoms with E-state index in [0.29, 0.717) is 0 Å². The third-order valence-corrected chi connectivity index (χ3v) is 4.02. The van der Waals surface area contributed by atoms with E-state index in [-0.39, 0.29) is 11.8 Å². The average Bonchev–Trinajstić information content (AvgIpc) is 2.94. The minimum absolute atomic E-state index is 0.135. The van der Waals surface area contributed by atoms with Crippen molar-refractivity contribution in [2.75, 3.05) is 13.1 Å². The highest BCUT2D eigenvalue weighted by molar-refractivity contribution is 5.73. The maximum atomic E-state index is 11.6. The van der Waals surface area contributed by atoms with Crippen molar-refractivity contribution < 1.29 is 4.79 Å². The molecular formula is C15H19N5O. The molecule has 110 valence electrons. The Labute approximate surface area is 123 Å². The van der Waals surface area contributed by atoms with Gasteiger partial charge in [-0.3, -0.25) is 9.78 Å². The second-order valence-corrected chi connectivity index (χ2v) is 5.52. The number of piperidine rings is 1. The van der Waals surface area contributed by atoms with E-state index in [0.717, 1.165) is 43.0 Å². The fraction of sp³-hybridized carbons (Fsp3) is 0.467. The van der Waals surface area contributed by atoms with Gasteiger partial charge in [0.1, 0.15) is 5.69 Å². The quantitative estimate of drug-likeness (QED) is 0.841. The molecule has 3 rings (SSSR count). The summed E-state index contributed by atoms with van der Waals surface area (Å²) in [5.41, 5.74) is 2.73. The van der Waals surface area contributed by atoms with Crippen LogP contribution in [-0.2, 0) is 11.8 Å². The summed E-state index contributed by atoms with van der Waals surface area (Å²) >= 11 is 0. The van der Waals surface area contributed by atoms with Gasteiger partial charge >= 0.3 is 0 Å². The Bertz CT molecular complexity index is 651. The minimum Gasteiger partial charge on any atom is -0.342 e. The molecule has 1 saturated heterocycles. The molecule has 3 heterocycles. The smallest absolute Gasteiger partial charge is 0.219 e. The summed E-state index contributed by atoms with van der Waals surface area (Å²) in [4.78, 5) is 26.6. The third kappa shape index (κ3) is 2.79. The Balaban J connectivity index is 1.86. The van der Waals surface area contributed by atoms with Gasteiger partial charge in [0.15, 0.2) is 0 Å². The first-order valence-electron chi connectivity index (χ1n) is 7.19. The Morgan fingerprint density at radius 3 is 2.86 bits per heavy atom. The predicted molar refractivity (Wildman–Crippen MR) is 78.5 cm³/mol. The number of aromatic nitrogens is 4. The first-order chi connectivity index (χ1) is 10.1. The molecule has 6 heteroatoms. The van der Waals surface area contributed by atoms with E-state index in [2.05, 4.69) is 9.97 Å². The van der Waals surface area contributed by atoms with Crippen molar-refractivity contribution >= 4 is 5.91 Å². The van der Waals surface area contributed by atoms with E-state index < -0.39 is 0 Å². The van der Waals surface area contributed by atoms with Crippen LogP contribution in [0.15, 0.2) is 24.9 Å². The summed E-state index contributed by atoms with van der Waals surface area (Å²) in [5, 5.41) is 0. The number of hydrogen-bond donors (Lipinski definition) is 0. The third-order valence-electron chi connectivity index (χ3n) is 4.02. The number of rotatable bonds is 2. The number of amides is 1. The average molecular weight is 285 g/mol. The molecule has 1 atom stereocenters. The van der Waals surface area contributed by atoms with E-state index in [1.54, 1.807) is 25.6 Å². The fourth-order valence-electron chi connectivity index (χ4n) is 2.81. The number of imidazole rings is 1. The summed E-state index contributed by atoms with van der Waals surface area (Å²) in [6.45, 7) is 3.21. The van der Waals surface area contributed by atoms with Crippen LogP contribution in [0.3, 0.4) is 0 Å². The van der Waals surface area contributed by atoms with Gasteiger partial charge in [-0.2, -0.15) is 0 Å². The zero-order valence-corrected chi connectivity index (χ0v) is 12.4. The second kappa shape index (κ2) is 5.63. The van der Waals surface area contributed by atoms with Gasteiger partial charge in [0.05, 0.1) is 30.1 Å². The summed E-state index contributed by atoms with van der Waals surface area (Å²) in [5.74, 6) is 0.402. The van der Waals surface area contributed by atoms with Gasteiger partial charge in [0.25, 0.3) is 0 Å². The van der Waals surface area contributed by atoms with Gasteiger partial charge in [-0.25, -0.2) is 9.97 Å². The molecule has 2 aromatic rings. The zero-order chi connectivity index (χ0) is 14.8. The van der Waals surface area contributed by atoms with Crippen molar-refractivity contribution in [2.45, 2.75) is 25.7 Å². The normalized spacial score (nSPS) is 18.8. The van der Waals surface area contributed by atoms with Gasteiger partial charge in [0, 0.05) is 39.2 Å². The Hall–Kier alpha value is -2.24. The number of aryl methyl sites for hydroxylation is 1. The fourth-order valence-corrected chi connectivity index (χ4v) is 2.81. The minimum atomic E-state index is 0.135. The molecule has 0 radical (unpaired) electrons. The second-order valence-electron chi connectivity index (χ2n) is 5.52. The lowest BCUT2D eigenvalue weighted by molar-refractivity contribution is -0.130. The van der Waals surface area contributed by atoms with E-state index in [4.69, 9.17) is 4.98 Å². The first kappa shape index (κ1) is 13.7. The maximum absolute atomic E-state index is 11.6. The molecule has 0 spiro atoms. The molecule has 1 fully saturated rings. The lowest BCUT2D eigenvalue weighted by atomic mass is 9.95. The zero-order valence-electron chi connectivity index (χ0n) is 12.4. The molecule has 0 aromatic carbocycles. The molecule has 0 N–H and O–H groups in total. The van der Waals surface area contributed by atoms with Crippen LogP contribution in [0.2, 0.25) is 0 Å². The predicted octanol–water partition coefficient (Wildman–Crippen LogP) is 1.60. The summed E-state index contributed by atoms with van der Waals surface area (Å²) in [6, 6.07) is 0. The molecule has 2 aromatic heterocycles.